The quantitative estimate of drug-likeness (QED) is 0.359. The van der Waals surface area contributed by atoms with Crippen molar-refractivity contribution < 1.29 is 14.3 Å². The van der Waals surface area contributed by atoms with Crippen LogP contribution in [0.4, 0.5) is 0 Å². The zero-order valence-corrected chi connectivity index (χ0v) is 21.3. The molecule has 0 aliphatic heterocycles. The van der Waals surface area contributed by atoms with Gasteiger partial charge in [0.1, 0.15) is 11.8 Å². The van der Waals surface area contributed by atoms with Gasteiger partial charge in [-0.05, 0) is 55.5 Å². The third kappa shape index (κ3) is 7.92. The Hall–Kier alpha value is -2.24. The molecule has 1 atom stereocenters. The van der Waals surface area contributed by atoms with Crippen LogP contribution in [0.1, 0.15) is 63.9 Å². The van der Waals surface area contributed by atoms with Gasteiger partial charge in [-0.1, -0.05) is 73.7 Å². The van der Waals surface area contributed by atoms with Crippen molar-refractivity contribution in [2.75, 3.05) is 6.61 Å². The minimum Gasteiger partial charge on any atom is -0.494 e. The van der Waals surface area contributed by atoms with Crippen molar-refractivity contribution in [1.82, 2.24) is 10.2 Å². The summed E-state index contributed by atoms with van der Waals surface area (Å²) in [5.41, 5.74) is 0.840. The molecule has 0 aromatic heterocycles. The number of carbonyl (C=O) groups is 2. The third-order valence-corrected chi connectivity index (χ3v) is 6.96. The average Bonchev–Trinajstić information content (AvgIpc) is 2.85. The van der Waals surface area contributed by atoms with E-state index in [1.807, 2.05) is 43.3 Å². The lowest BCUT2D eigenvalue weighted by molar-refractivity contribution is -0.142. The van der Waals surface area contributed by atoms with Crippen molar-refractivity contribution in [3.63, 3.8) is 0 Å². The summed E-state index contributed by atoms with van der Waals surface area (Å²) in [4.78, 5) is 28.3. The largest absolute Gasteiger partial charge is 0.494 e. The number of rotatable bonds is 11. The predicted octanol–water partition coefficient (Wildman–Crippen LogP) is 6.41. The first-order valence-corrected chi connectivity index (χ1v) is 12.9. The number of hydrogen-bond donors (Lipinski definition) is 1. The molecule has 34 heavy (non-hydrogen) atoms. The van der Waals surface area contributed by atoms with Gasteiger partial charge in [0.2, 0.25) is 11.8 Å². The first-order chi connectivity index (χ1) is 16.5. The molecule has 184 valence electrons. The van der Waals surface area contributed by atoms with Crippen LogP contribution in [0, 0.1) is 0 Å². The molecule has 2 aromatic carbocycles. The second-order valence-corrected chi connectivity index (χ2v) is 9.62. The summed E-state index contributed by atoms with van der Waals surface area (Å²) in [5.74, 6) is 0.623. The van der Waals surface area contributed by atoms with Gasteiger partial charge in [-0.2, -0.15) is 0 Å². The Kier molecular flexibility index (Phi) is 10.5. The number of hydrogen-bond acceptors (Lipinski definition) is 3. The smallest absolute Gasteiger partial charge is 0.243 e. The first kappa shape index (κ1) is 26.4. The Labute approximate surface area is 212 Å². The van der Waals surface area contributed by atoms with Gasteiger partial charge in [0.15, 0.2) is 0 Å². The average molecular weight is 505 g/mol. The lowest BCUT2D eigenvalue weighted by atomic mass is 9.95. The minimum atomic E-state index is -0.543. The Balaban J connectivity index is 1.67. The van der Waals surface area contributed by atoms with Gasteiger partial charge in [-0.25, -0.2) is 0 Å². The van der Waals surface area contributed by atoms with Crippen molar-refractivity contribution >= 4 is 35.0 Å². The highest BCUT2D eigenvalue weighted by Gasteiger charge is 2.30. The van der Waals surface area contributed by atoms with Gasteiger partial charge < -0.3 is 15.0 Å². The molecule has 1 aliphatic carbocycles. The van der Waals surface area contributed by atoms with Crippen molar-refractivity contribution in [2.45, 2.75) is 76.9 Å². The maximum Gasteiger partial charge on any atom is 0.243 e. The summed E-state index contributed by atoms with van der Waals surface area (Å²) in [6.07, 6.45) is 6.87. The van der Waals surface area contributed by atoms with Crippen LogP contribution < -0.4 is 10.1 Å². The van der Waals surface area contributed by atoms with Crippen LogP contribution in [0.2, 0.25) is 10.0 Å². The zero-order valence-electron chi connectivity index (χ0n) is 19.8. The molecule has 2 aromatic rings. The summed E-state index contributed by atoms with van der Waals surface area (Å²) in [7, 11) is 0. The van der Waals surface area contributed by atoms with E-state index >= 15 is 0 Å². The molecule has 0 saturated heterocycles. The van der Waals surface area contributed by atoms with E-state index in [1.54, 1.807) is 17.0 Å². The molecule has 0 radical (unpaired) electrons. The standard InChI is InChI=1S/C27H34Cl2N2O3/c1-2-25(27(33)30-21-10-5-3-6-11-21)31(19-20-15-16-23(28)24(29)18-20)26(32)14-9-17-34-22-12-7-4-8-13-22/h4,7-8,12-13,15-16,18,21,25H,2-3,5-6,9-11,14,17,19H2,1H3,(H,30,33)/t25-/m0/s1. The van der Waals surface area contributed by atoms with Crippen LogP contribution in [0.15, 0.2) is 48.5 Å². The molecule has 1 aliphatic rings. The number of carbonyl (C=O) groups excluding carboxylic acids is 2. The van der Waals surface area contributed by atoms with Gasteiger partial charge in [0, 0.05) is 19.0 Å². The predicted molar refractivity (Wildman–Crippen MR) is 137 cm³/mol. The van der Waals surface area contributed by atoms with E-state index in [-0.39, 0.29) is 17.9 Å². The second kappa shape index (κ2) is 13.6. The normalized spacial score (nSPS) is 14.9. The SMILES string of the molecule is CC[C@@H](C(=O)NC1CCCCC1)N(Cc1ccc(Cl)c(Cl)c1)C(=O)CCCOc1ccccc1. The fourth-order valence-electron chi connectivity index (χ4n) is 4.37. The number of ether oxygens (including phenoxy) is 1. The number of benzene rings is 2. The second-order valence-electron chi connectivity index (χ2n) is 8.80. The van der Waals surface area contributed by atoms with Gasteiger partial charge in [0.05, 0.1) is 16.7 Å². The molecule has 0 spiro atoms. The Morgan fingerprint density at radius 3 is 2.47 bits per heavy atom. The molecule has 2 amide bonds. The summed E-state index contributed by atoms with van der Waals surface area (Å²) in [6, 6.07) is 14.5. The molecular weight excluding hydrogens is 471 g/mol. The topological polar surface area (TPSA) is 58.6 Å². The number of halogens is 2. The number of nitrogens with zero attached hydrogens (tertiary/aromatic N) is 1. The molecular formula is C27H34Cl2N2O3. The number of nitrogens with one attached hydrogen (secondary N) is 1. The van der Waals surface area contributed by atoms with Gasteiger partial charge >= 0.3 is 0 Å². The maximum absolute atomic E-state index is 13.3. The third-order valence-electron chi connectivity index (χ3n) is 6.22. The summed E-state index contributed by atoms with van der Waals surface area (Å²) in [6.45, 7) is 2.67. The molecule has 5 nitrogen and oxygen atoms in total. The van der Waals surface area contributed by atoms with Gasteiger partial charge in [0.25, 0.3) is 0 Å². The molecule has 7 heteroatoms. The molecule has 3 rings (SSSR count). The molecule has 0 unspecified atom stereocenters. The van der Waals surface area contributed by atoms with Crippen LogP contribution in [-0.2, 0) is 16.1 Å². The van der Waals surface area contributed by atoms with Crippen molar-refractivity contribution in [2.24, 2.45) is 0 Å². The highest BCUT2D eigenvalue weighted by Crippen LogP contribution is 2.25. The highest BCUT2D eigenvalue weighted by atomic mass is 35.5. The highest BCUT2D eigenvalue weighted by molar-refractivity contribution is 6.42. The molecule has 1 fully saturated rings. The fraction of sp³-hybridized carbons (Fsp3) is 0.481. The molecule has 0 heterocycles. The first-order valence-electron chi connectivity index (χ1n) is 12.2. The van der Waals surface area contributed by atoms with E-state index in [0.29, 0.717) is 42.5 Å². The number of para-hydroxylation sites is 1. The molecule has 1 N–H and O–H groups in total. The van der Waals surface area contributed by atoms with E-state index in [1.165, 1.54) is 6.42 Å². The van der Waals surface area contributed by atoms with Crippen molar-refractivity contribution in [1.29, 1.82) is 0 Å². The minimum absolute atomic E-state index is 0.0756. The fourth-order valence-corrected chi connectivity index (χ4v) is 4.69. The lowest BCUT2D eigenvalue weighted by Crippen LogP contribution is -2.51. The van der Waals surface area contributed by atoms with Crippen molar-refractivity contribution in [3.05, 3.63) is 64.1 Å². The van der Waals surface area contributed by atoms with Crippen LogP contribution in [0.5, 0.6) is 5.75 Å². The monoisotopic (exact) mass is 504 g/mol. The van der Waals surface area contributed by atoms with E-state index in [4.69, 9.17) is 27.9 Å². The summed E-state index contributed by atoms with van der Waals surface area (Å²) in [5, 5.41) is 4.09. The number of amides is 2. The summed E-state index contributed by atoms with van der Waals surface area (Å²) < 4.78 is 5.74. The summed E-state index contributed by atoms with van der Waals surface area (Å²) >= 11 is 12.3. The zero-order chi connectivity index (χ0) is 24.3. The van der Waals surface area contributed by atoms with E-state index in [0.717, 1.165) is 37.0 Å². The van der Waals surface area contributed by atoms with E-state index in [9.17, 15) is 9.59 Å². The van der Waals surface area contributed by atoms with Gasteiger partial charge in [-0.3, -0.25) is 9.59 Å². The molecule has 0 bridgehead atoms. The lowest BCUT2D eigenvalue weighted by Gasteiger charge is -2.33. The van der Waals surface area contributed by atoms with E-state index in [2.05, 4.69) is 5.32 Å². The van der Waals surface area contributed by atoms with Crippen LogP contribution in [-0.4, -0.2) is 35.4 Å². The molecule has 1 saturated carbocycles. The van der Waals surface area contributed by atoms with E-state index < -0.39 is 6.04 Å². The Bertz CT molecular complexity index is 933. The Morgan fingerprint density at radius 2 is 1.79 bits per heavy atom. The van der Waals surface area contributed by atoms with Crippen molar-refractivity contribution in [3.8, 4) is 5.75 Å². The Morgan fingerprint density at radius 1 is 1.06 bits per heavy atom. The van der Waals surface area contributed by atoms with Crippen LogP contribution in [0.3, 0.4) is 0 Å². The van der Waals surface area contributed by atoms with Gasteiger partial charge in [-0.15, -0.1) is 0 Å². The van der Waals surface area contributed by atoms with Crippen LogP contribution in [0.25, 0.3) is 0 Å². The maximum atomic E-state index is 13.3. The van der Waals surface area contributed by atoms with Crippen LogP contribution >= 0.6 is 23.2 Å².